The summed E-state index contributed by atoms with van der Waals surface area (Å²) in [6.07, 6.45) is 3.16. The molecular weight excluding hydrogens is 496 g/mol. The summed E-state index contributed by atoms with van der Waals surface area (Å²) < 4.78 is 12.9. The summed E-state index contributed by atoms with van der Waals surface area (Å²) in [6, 6.07) is 3.60. The molecule has 13 heteroatoms. The molecule has 0 aliphatic carbocycles. The quantitative estimate of drug-likeness (QED) is 0.515. The number of piperazine rings is 1. The minimum atomic E-state index is -0.412. The Kier molecular flexibility index (Phi) is 8.04. The Balaban J connectivity index is 1.37. The van der Waals surface area contributed by atoms with E-state index >= 15 is 0 Å². The highest BCUT2D eigenvalue weighted by molar-refractivity contribution is 7.13. The number of carbonyl (C=O) groups excluding carboxylic acids is 2. The van der Waals surface area contributed by atoms with Crippen molar-refractivity contribution >= 4 is 28.8 Å². The molecule has 4 bridgehead atoms. The fourth-order valence-corrected chi connectivity index (χ4v) is 4.94. The molecule has 2 aliphatic rings. The number of hydrogen-bond acceptors (Lipinski definition) is 10. The largest absolute Gasteiger partial charge is 0.475 e. The van der Waals surface area contributed by atoms with Crippen molar-refractivity contribution in [3.05, 3.63) is 41.3 Å². The Hall–Kier alpha value is -3.39. The Morgan fingerprint density at radius 1 is 1.08 bits per heavy atom. The van der Waals surface area contributed by atoms with Crippen LogP contribution in [0.15, 0.2) is 29.9 Å². The van der Waals surface area contributed by atoms with Gasteiger partial charge in [-0.3, -0.25) is 19.2 Å². The fraction of sp³-hybridized carbons (Fsp3) is 0.458. The van der Waals surface area contributed by atoms with Crippen LogP contribution in [0, 0.1) is 0 Å². The predicted octanol–water partition coefficient (Wildman–Crippen LogP) is 1.04. The first kappa shape index (κ1) is 25.3. The van der Waals surface area contributed by atoms with E-state index in [-0.39, 0.29) is 11.6 Å². The maximum atomic E-state index is 13.2. The van der Waals surface area contributed by atoms with E-state index in [1.54, 1.807) is 22.3 Å². The molecule has 5 heterocycles. The van der Waals surface area contributed by atoms with Crippen molar-refractivity contribution in [1.29, 1.82) is 0 Å². The number of likely N-dealkylation sites (N-methyl/N-ethyl adjacent to an activating group) is 1. The molecule has 0 radical (unpaired) electrons. The van der Waals surface area contributed by atoms with Gasteiger partial charge in [0, 0.05) is 62.5 Å². The minimum Gasteiger partial charge on any atom is -0.475 e. The van der Waals surface area contributed by atoms with Crippen molar-refractivity contribution in [3.8, 4) is 16.5 Å². The third kappa shape index (κ3) is 6.31. The van der Waals surface area contributed by atoms with E-state index in [1.807, 2.05) is 6.07 Å². The van der Waals surface area contributed by atoms with E-state index in [1.165, 1.54) is 17.5 Å². The number of nitrogens with one attached hydrogen (secondary N) is 2. The van der Waals surface area contributed by atoms with Gasteiger partial charge < -0.3 is 25.0 Å². The molecule has 0 atom stereocenters. The summed E-state index contributed by atoms with van der Waals surface area (Å²) in [5.41, 5.74) is 1.71. The van der Waals surface area contributed by atoms with Gasteiger partial charge in [0.05, 0.1) is 31.6 Å². The third-order valence-electron chi connectivity index (χ3n) is 6.25. The number of thiazole rings is 1. The highest BCUT2D eigenvalue weighted by Gasteiger charge is 2.23. The second-order valence-corrected chi connectivity index (χ2v) is 9.72. The number of hydrogen-bond donors (Lipinski definition) is 2. The number of ether oxygens (including phenoxy) is 2. The number of amides is 2. The number of anilines is 1. The molecule has 2 amide bonds. The van der Waals surface area contributed by atoms with Crippen LogP contribution >= 0.6 is 11.3 Å². The minimum absolute atomic E-state index is 0.255. The maximum absolute atomic E-state index is 13.2. The third-order valence-corrected chi connectivity index (χ3v) is 7.15. The van der Waals surface area contributed by atoms with E-state index in [2.05, 4.69) is 42.5 Å². The van der Waals surface area contributed by atoms with Crippen LogP contribution in [-0.4, -0.2) is 107 Å². The Morgan fingerprint density at radius 2 is 1.95 bits per heavy atom. The molecule has 0 spiro atoms. The van der Waals surface area contributed by atoms with Gasteiger partial charge in [0.1, 0.15) is 23.0 Å². The standard InChI is InChI=1S/C24H30N8O4S/c1-30-5-7-31(8-6-30)9-10-32-21-18(15-27-32)28-22(33)19-16-37-24(29-19)17-2-3-25-20(14-17)36-13-12-35-11-4-26-23(21)34/h2-3,14-16H,4-13H2,1H3,(H,26,34)(H,28,33). The zero-order chi connectivity index (χ0) is 25.6. The first-order valence-corrected chi connectivity index (χ1v) is 13.1. The molecular formula is C24H30N8O4S. The van der Waals surface area contributed by atoms with Gasteiger partial charge in [-0.15, -0.1) is 11.3 Å². The topological polar surface area (TPSA) is 127 Å². The zero-order valence-electron chi connectivity index (χ0n) is 20.7. The number of fused-ring (bicyclic) bond motifs is 6. The molecule has 3 aromatic rings. The summed E-state index contributed by atoms with van der Waals surface area (Å²) in [5, 5.41) is 12.5. The van der Waals surface area contributed by atoms with Crippen molar-refractivity contribution in [2.45, 2.75) is 6.54 Å². The van der Waals surface area contributed by atoms with Crippen LogP contribution in [0.3, 0.4) is 0 Å². The average molecular weight is 527 g/mol. The van der Waals surface area contributed by atoms with Crippen molar-refractivity contribution in [3.63, 3.8) is 0 Å². The molecule has 5 rings (SSSR count). The second kappa shape index (κ2) is 11.8. The van der Waals surface area contributed by atoms with Crippen LogP contribution in [0.5, 0.6) is 5.88 Å². The van der Waals surface area contributed by atoms with E-state index in [0.29, 0.717) is 55.2 Å². The first-order chi connectivity index (χ1) is 18.1. The van der Waals surface area contributed by atoms with Crippen LogP contribution in [0.4, 0.5) is 5.69 Å². The van der Waals surface area contributed by atoms with Crippen LogP contribution < -0.4 is 15.4 Å². The molecule has 0 aromatic carbocycles. The molecule has 1 saturated heterocycles. The molecule has 12 nitrogen and oxygen atoms in total. The smallest absolute Gasteiger partial charge is 0.275 e. The van der Waals surface area contributed by atoms with Crippen LogP contribution in [0.25, 0.3) is 10.6 Å². The summed E-state index contributed by atoms with van der Waals surface area (Å²) in [4.78, 5) is 39.6. The van der Waals surface area contributed by atoms with Crippen molar-refractivity contribution in [2.75, 3.05) is 71.5 Å². The summed E-state index contributed by atoms with van der Waals surface area (Å²) in [5.74, 6) is -0.291. The number of aromatic nitrogens is 4. The molecule has 0 unspecified atom stereocenters. The molecule has 37 heavy (non-hydrogen) atoms. The highest BCUT2D eigenvalue weighted by atomic mass is 32.1. The summed E-state index contributed by atoms with van der Waals surface area (Å²) in [7, 11) is 2.12. The van der Waals surface area contributed by atoms with Crippen LogP contribution in [0.2, 0.25) is 0 Å². The lowest BCUT2D eigenvalue weighted by Crippen LogP contribution is -2.45. The first-order valence-electron chi connectivity index (χ1n) is 12.3. The SMILES string of the molecule is CN1CCN(CCn2ncc3c2C(=O)NCCOCCOc2cc(ccn2)-c2nc(cs2)C(=O)N3)CC1. The molecule has 1 fully saturated rings. The number of rotatable bonds is 3. The summed E-state index contributed by atoms with van der Waals surface area (Å²) >= 11 is 1.34. The van der Waals surface area contributed by atoms with E-state index in [9.17, 15) is 9.59 Å². The molecule has 0 saturated carbocycles. The van der Waals surface area contributed by atoms with Crippen LogP contribution in [0.1, 0.15) is 21.0 Å². The van der Waals surface area contributed by atoms with E-state index in [4.69, 9.17) is 9.47 Å². The zero-order valence-corrected chi connectivity index (χ0v) is 21.5. The Bertz CT molecular complexity index is 1240. The van der Waals surface area contributed by atoms with Gasteiger partial charge in [-0.1, -0.05) is 0 Å². The average Bonchev–Trinajstić information content (AvgIpc) is 3.55. The Morgan fingerprint density at radius 3 is 2.81 bits per heavy atom. The lowest BCUT2D eigenvalue weighted by molar-refractivity contribution is 0.0853. The van der Waals surface area contributed by atoms with Crippen molar-refractivity contribution < 1.29 is 19.1 Å². The number of nitrogens with zero attached hydrogens (tertiary/aromatic N) is 6. The monoisotopic (exact) mass is 526 g/mol. The number of carbonyl (C=O) groups is 2. The molecule has 196 valence electrons. The second-order valence-electron chi connectivity index (χ2n) is 8.87. The fourth-order valence-electron chi connectivity index (χ4n) is 4.14. The predicted molar refractivity (Wildman–Crippen MR) is 138 cm³/mol. The molecule has 2 aliphatic heterocycles. The van der Waals surface area contributed by atoms with Gasteiger partial charge in [0.2, 0.25) is 5.88 Å². The summed E-state index contributed by atoms with van der Waals surface area (Å²) in [6.45, 7) is 6.54. The van der Waals surface area contributed by atoms with Gasteiger partial charge in [-0.2, -0.15) is 5.10 Å². The lowest BCUT2D eigenvalue weighted by Gasteiger charge is -2.32. The number of pyridine rings is 1. The van der Waals surface area contributed by atoms with E-state index in [0.717, 1.165) is 38.3 Å². The van der Waals surface area contributed by atoms with Crippen LogP contribution in [-0.2, 0) is 11.3 Å². The van der Waals surface area contributed by atoms with Gasteiger partial charge in [0.15, 0.2) is 0 Å². The highest BCUT2D eigenvalue weighted by Crippen LogP contribution is 2.26. The lowest BCUT2D eigenvalue weighted by atomic mass is 10.3. The van der Waals surface area contributed by atoms with Gasteiger partial charge in [0.25, 0.3) is 11.8 Å². The molecule has 3 aromatic heterocycles. The molecule has 2 N–H and O–H groups in total. The van der Waals surface area contributed by atoms with Gasteiger partial charge in [-0.25, -0.2) is 9.97 Å². The van der Waals surface area contributed by atoms with E-state index < -0.39 is 5.91 Å². The van der Waals surface area contributed by atoms with Crippen molar-refractivity contribution in [1.82, 2.24) is 34.9 Å². The van der Waals surface area contributed by atoms with Gasteiger partial charge >= 0.3 is 0 Å². The normalized spacial score (nSPS) is 18.2. The Labute approximate surface area is 218 Å². The van der Waals surface area contributed by atoms with Gasteiger partial charge in [-0.05, 0) is 13.1 Å². The van der Waals surface area contributed by atoms with Crippen molar-refractivity contribution in [2.24, 2.45) is 0 Å². The maximum Gasteiger partial charge on any atom is 0.275 e.